The van der Waals surface area contributed by atoms with Gasteiger partial charge in [0.05, 0.1) is 11.6 Å². The maximum atomic E-state index is 5.26. The Hall–Kier alpha value is -1.32. The third-order valence-electron chi connectivity index (χ3n) is 3.72. The average Bonchev–Trinajstić information content (AvgIpc) is 2.53. The number of halogens is 1. The molecule has 0 aromatic heterocycles. The zero-order chi connectivity index (χ0) is 15.2. The van der Waals surface area contributed by atoms with Gasteiger partial charge in [-0.25, -0.2) is 0 Å². The Labute approximate surface area is 135 Å². The minimum Gasteiger partial charge on any atom is -0.496 e. The fraction of sp³-hybridized carbons (Fsp3) is 0.333. The lowest BCUT2D eigenvalue weighted by Crippen LogP contribution is -2.18. The average molecular weight is 348 g/mol. The number of hydrogen-bond acceptors (Lipinski definition) is 2. The molecule has 21 heavy (non-hydrogen) atoms. The van der Waals surface area contributed by atoms with Crippen LogP contribution >= 0.6 is 15.9 Å². The van der Waals surface area contributed by atoms with Crippen LogP contribution in [0.5, 0.6) is 5.75 Å². The topological polar surface area (TPSA) is 21.3 Å². The summed E-state index contributed by atoms with van der Waals surface area (Å²) in [5, 5.41) is 3.56. The molecule has 0 amide bonds. The third kappa shape index (κ3) is 4.32. The lowest BCUT2D eigenvalue weighted by molar-refractivity contribution is 0.411. The van der Waals surface area contributed by atoms with Crippen LogP contribution in [0.4, 0.5) is 0 Å². The van der Waals surface area contributed by atoms with E-state index in [0.29, 0.717) is 0 Å². The van der Waals surface area contributed by atoms with Crippen molar-refractivity contribution in [3.63, 3.8) is 0 Å². The molecule has 0 spiro atoms. The SMILES string of the molecule is CCc1ccc(CNC(C)c2ccc(OC)c(Br)c2)cc1. The van der Waals surface area contributed by atoms with Crippen molar-refractivity contribution in [1.29, 1.82) is 0 Å². The molecule has 1 atom stereocenters. The number of benzene rings is 2. The quantitative estimate of drug-likeness (QED) is 0.804. The summed E-state index contributed by atoms with van der Waals surface area (Å²) in [4.78, 5) is 0. The van der Waals surface area contributed by atoms with Gasteiger partial charge in [0.2, 0.25) is 0 Å². The Morgan fingerprint density at radius 1 is 1.10 bits per heavy atom. The molecule has 2 aromatic carbocycles. The summed E-state index contributed by atoms with van der Waals surface area (Å²) in [6.45, 7) is 5.22. The molecule has 2 nitrogen and oxygen atoms in total. The number of rotatable bonds is 6. The highest BCUT2D eigenvalue weighted by atomic mass is 79.9. The maximum Gasteiger partial charge on any atom is 0.133 e. The van der Waals surface area contributed by atoms with Gasteiger partial charge >= 0.3 is 0 Å². The van der Waals surface area contributed by atoms with Crippen LogP contribution in [0.2, 0.25) is 0 Å². The molecule has 2 rings (SSSR count). The third-order valence-corrected chi connectivity index (χ3v) is 4.34. The van der Waals surface area contributed by atoms with Crippen LogP contribution in [-0.2, 0) is 13.0 Å². The first kappa shape index (κ1) is 16.1. The van der Waals surface area contributed by atoms with Crippen molar-refractivity contribution >= 4 is 15.9 Å². The van der Waals surface area contributed by atoms with E-state index in [-0.39, 0.29) is 6.04 Å². The zero-order valence-electron chi connectivity index (χ0n) is 12.8. The Balaban J connectivity index is 1.97. The molecular weight excluding hydrogens is 326 g/mol. The van der Waals surface area contributed by atoms with Gasteiger partial charge in [0.15, 0.2) is 0 Å². The molecule has 0 aliphatic carbocycles. The number of ether oxygens (including phenoxy) is 1. The first-order valence-electron chi connectivity index (χ1n) is 7.28. The van der Waals surface area contributed by atoms with Crippen LogP contribution in [0.3, 0.4) is 0 Å². The fourth-order valence-corrected chi connectivity index (χ4v) is 2.79. The van der Waals surface area contributed by atoms with Gasteiger partial charge in [-0.3, -0.25) is 0 Å². The van der Waals surface area contributed by atoms with E-state index in [4.69, 9.17) is 4.74 Å². The molecule has 0 bridgehead atoms. The van der Waals surface area contributed by atoms with Gasteiger partial charge in [0, 0.05) is 12.6 Å². The molecule has 1 N–H and O–H groups in total. The molecule has 0 aliphatic heterocycles. The molecule has 2 aromatic rings. The van der Waals surface area contributed by atoms with Gasteiger partial charge in [-0.15, -0.1) is 0 Å². The fourth-order valence-electron chi connectivity index (χ4n) is 2.23. The molecule has 0 aliphatic rings. The predicted molar refractivity (Wildman–Crippen MR) is 91.8 cm³/mol. The predicted octanol–water partition coefficient (Wildman–Crippen LogP) is 4.87. The van der Waals surface area contributed by atoms with Crippen molar-refractivity contribution in [2.45, 2.75) is 32.9 Å². The second kappa shape index (κ2) is 7.62. The summed E-state index contributed by atoms with van der Waals surface area (Å²) >= 11 is 3.53. The lowest BCUT2D eigenvalue weighted by Gasteiger charge is -2.16. The lowest BCUT2D eigenvalue weighted by atomic mass is 10.1. The molecule has 0 heterocycles. The molecule has 0 radical (unpaired) electrons. The van der Waals surface area contributed by atoms with Crippen LogP contribution in [0.15, 0.2) is 46.9 Å². The zero-order valence-corrected chi connectivity index (χ0v) is 14.4. The van der Waals surface area contributed by atoms with E-state index >= 15 is 0 Å². The first-order valence-corrected chi connectivity index (χ1v) is 8.08. The summed E-state index contributed by atoms with van der Waals surface area (Å²) in [6.07, 6.45) is 1.09. The van der Waals surface area contributed by atoms with Crippen molar-refractivity contribution in [3.05, 3.63) is 63.6 Å². The van der Waals surface area contributed by atoms with Gasteiger partial charge < -0.3 is 10.1 Å². The summed E-state index contributed by atoms with van der Waals surface area (Å²) in [7, 11) is 1.68. The monoisotopic (exact) mass is 347 g/mol. The summed E-state index contributed by atoms with van der Waals surface area (Å²) < 4.78 is 6.25. The van der Waals surface area contributed by atoms with E-state index in [1.165, 1.54) is 16.7 Å². The number of hydrogen-bond donors (Lipinski definition) is 1. The Morgan fingerprint density at radius 2 is 1.76 bits per heavy atom. The summed E-state index contributed by atoms with van der Waals surface area (Å²) in [5.41, 5.74) is 3.94. The van der Waals surface area contributed by atoms with E-state index in [0.717, 1.165) is 23.2 Å². The van der Waals surface area contributed by atoms with Crippen molar-refractivity contribution in [3.8, 4) is 5.75 Å². The highest BCUT2D eigenvalue weighted by Gasteiger charge is 2.08. The molecule has 112 valence electrons. The van der Waals surface area contributed by atoms with Gasteiger partial charge in [-0.2, -0.15) is 0 Å². The van der Waals surface area contributed by atoms with E-state index in [1.54, 1.807) is 7.11 Å². The number of methoxy groups -OCH3 is 1. The Kier molecular flexibility index (Phi) is 5.83. The maximum absolute atomic E-state index is 5.26. The Bertz CT molecular complexity index is 580. The standard InChI is InChI=1S/C18H22BrNO/c1-4-14-5-7-15(8-6-14)12-20-13(2)16-9-10-18(21-3)17(19)11-16/h5-11,13,20H,4,12H2,1-3H3. The first-order chi connectivity index (χ1) is 10.1. The van der Waals surface area contributed by atoms with Crippen LogP contribution in [0.1, 0.15) is 36.6 Å². The molecule has 0 saturated carbocycles. The van der Waals surface area contributed by atoms with Gasteiger partial charge in [0.1, 0.15) is 5.75 Å². The largest absolute Gasteiger partial charge is 0.496 e. The second-order valence-electron chi connectivity index (χ2n) is 5.17. The van der Waals surface area contributed by atoms with Crippen molar-refractivity contribution < 1.29 is 4.74 Å². The van der Waals surface area contributed by atoms with E-state index in [2.05, 4.69) is 71.5 Å². The Morgan fingerprint density at radius 3 is 2.33 bits per heavy atom. The van der Waals surface area contributed by atoms with E-state index in [1.807, 2.05) is 6.07 Å². The van der Waals surface area contributed by atoms with Crippen molar-refractivity contribution in [2.24, 2.45) is 0 Å². The summed E-state index contributed by atoms with van der Waals surface area (Å²) in [5.74, 6) is 0.862. The number of aryl methyl sites for hydroxylation is 1. The second-order valence-corrected chi connectivity index (χ2v) is 6.02. The smallest absolute Gasteiger partial charge is 0.133 e. The van der Waals surface area contributed by atoms with Gasteiger partial charge in [0.25, 0.3) is 0 Å². The van der Waals surface area contributed by atoms with Crippen LogP contribution in [0.25, 0.3) is 0 Å². The normalized spacial score (nSPS) is 12.2. The number of nitrogens with one attached hydrogen (secondary N) is 1. The van der Waals surface area contributed by atoms with Crippen molar-refractivity contribution in [1.82, 2.24) is 5.32 Å². The minimum absolute atomic E-state index is 0.290. The van der Waals surface area contributed by atoms with Crippen molar-refractivity contribution in [2.75, 3.05) is 7.11 Å². The molecule has 0 saturated heterocycles. The van der Waals surface area contributed by atoms with E-state index < -0.39 is 0 Å². The highest BCUT2D eigenvalue weighted by molar-refractivity contribution is 9.10. The van der Waals surface area contributed by atoms with Gasteiger partial charge in [-0.05, 0) is 58.1 Å². The van der Waals surface area contributed by atoms with Crippen LogP contribution in [-0.4, -0.2) is 7.11 Å². The summed E-state index contributed by atoms with van der Waals surface area (Å²) in [6, 6.07) is 15.3. The van der Waals surface area contributed by atoms with Gasteiger partial charge in [-0.1, -0.05) is 37.3 Å². The molecule has 0 fully saturated rings. The molecular formula is C18H22BrNO. The highest BCUT2D eigenvalue weighted by Crippen LogP contribution is 2.28. The van der Waals surface area contributed by atoms with Crippen LogP contribution < -0.4 is 10.1 Å². The molecule has 1 unspecified atom stereocenters. The molecule has 3 heteroatoms. The minimum atomic E-state index is 0.290. The van der Waals surface area contributed by atoms with Crippen LogP contribution in [0, 0.1) is 0 Å². The van der Waals surface area contributed by atoms with E-state index in [9.17, 15) is 0 Å².